The number of fused-ring (bicyclic) bond motifs is 1. The zero-order valence-corrected chi connectivity index (χ0v) is 12.1. The number of thioether (sulfide) groups is 1. The Labute approximate surface area is 124 Å². The van der Waals surface area contributed by atoms with Crippen LogP contribution < -0.4 is 5.32 Å². The monoisotopic (exact) mass is 310 g/mol. The number of nitrogens with zero attached hydrogens (tertiary/aromatic N) is 1. The Bertz CT molecular complexity index is 617. The van der Waals surface area contributed by atoms with Crippen LogP contribution in [0.1, 0.15) is 18.9 Å². The van der Waals surface area contributed by atoms with Gasteiger partial charge in [0.1, 0.15) is 0 Å². The van der Waals surface area contributed by atoms with Crippen LogP contribution in [0.5, 0.6) is 0 Å². The number of benzene rings is 1. The fourth-order valence-corrected chi connectivity index (χ4v) is 3.02. The van der Waals surface area contributed by atoms with E-state index in [0.717, 1.165) is 17.3 Å². The zero-order chi connectivity index (χ0) is 15.6. The van der Waals surface area contributed by atoms with Crippen molar-refractivity contribution >= 4 is 35.0 Å². The van der Waals surface area contributed by atoms with Gasteiger partial charge in [-0.15, -0.1) is 11.8 Å². The first-order valence-electron chi connectivity index (χ1n) is 6.35. The van der Waals surface area contributed by atoms with Crippen molar-refractivity contribution in [3.63, 3.8) is 0 Å². The van der Waals surface area contributed by atoms with E-state index in [1.54, 1.807) is 13.0 Å². The number of carboxylic acids is 1. The molecular formula is C13H14N2O5S. The van der Waals surface area contributed by atoms with Gasteiger partial charge in [-0.1, -0.05) is 6.92 Å². The van der Waals surface area contributed by atoms with Crippen LogP contribution in [0, 0.1) is 16.0 Å². The first-order chi connectivity index (χ1) is 9.88. The van der Waals surface area contributed by atoms with E-state index in [4.69, 9.17) is 5.11 Å². The maximum Gasteiger partial charge on any atom is 0.307 e. The van der Waals surface area contributed by atoms with Crippen LogP contribution in [0.2, 0.25) is 0 Å². The molecule has 1 aliphatic rings. The number of amides is 1. The number of carbonyl (C=O) groups is 2. The van der Waals surface area contributed by atoms with Crippen molar-refractivity contribution < 1.29 is 19.6 Å². The molecule has 21 heavy (non-hydrogen) atoms. The number of rotatable bonds is 5. The number of hydrogen-bond acceptors (Lipinski definition) is 5. The summed E-state index contributed by atoms with van der Waals surface area (Å²) in [6.07, 6.45) is 0.877. The number of aryl methyl sites for hydroxylation is 1. The van der Waals surface area contributed by atoms with Crippen LogP contribution in [0.15, 0.2) is 17.0 Å². The molecule has 0 radical (unpaired) electrons. The van der Waals surface area contributed by atoms with E-state index >= 15 is 0 Å². The normalized spacial score (nSPS) is 15.0. The van der Waals surface area contributed by atoms with Gasteiger partial charge >= 0.3 is 5.97 Å². The molecule has 1 aromatic rings. The molecule has 1 aliphatic heterocycles. The molecule has 1 atom stereocenters. The molecule has 1 heterocycles. The van der Waals surface area contributed by atoms with Crippen LogP contribution in [0.25, 0.3) is 0 Å². The Kier molecular flexibility index (Phi) is 4.46. The molecule has 112 valence electrons. The number of nitrogens with one attached hydrogen (secondary N) is 1. The Hall–Kier alpha value is -2.09. The minimum Gasteiger partial charge on any atom is -0.481 e. The van der Waals surface area contributed by atoms with Crippen LogP contribution in [-0.2, 0) is 16.0 Å². The molecule has 0 aliphatic carbocycles. The van der Waals surface area contributed by atoms with E-state index in [9.17, 15) is 19.7 Å². The molecule has 8 heteroatoms. The van der Waals surface area contributed by atoms with E-state index in [0.29, 0.717) is 23.4 Å². The van der Waals surface area contributed by atoms with Crippen molar-refractivity contribution in [2.45, 2.75) is 24.7 Å². The summed E-state index contributed by atoms with van der Waals surface area (Å²) >= 11 is 1.15. The fraction of sp³-hybridized carbons (Fsp3) is 0.385. The predicted molar refractivity (Wildman–Crippen MR) is 77.6 cm³/mol. The predicted octanol–water partition coefficient (Wildman–Crippen LogP) is 2.29. The summed E-state index contributed by atoms with van der Waals surface area (Å²) in [6, 6.07) is 3.02. The number of hydrogen-bond donors (Lipinski definition) is 2. The van der Waals surface area contributed by atoms with E-state index < -0.39 is 16.8 Å². The van der Waals surface area contributed by atoms with Crippen molar-refractivity contribution in [3.05, 3.63) is 27.8 Å². The molecule has 0 spiro atoms. The Morgan fingerprint density at radius 1 is 1.52 bits per heavy atom. The highest BCUT2D eigenvalue weighted by Crippen LogP contribution is 2.37. The van der Waals surface area contributed by atoms with Gasteiger partial charge in [-0.3, -0.25) is 19.7 Å². The molecule has 0 aromatic heterocycles. The summed E-state index contributed by atoms with van der Waals surface area (Å²) in [4.78, 5) is 33.2. The van der Waals surface area contributed by atoms with E-state index in [1.165, 1.54) is 6.07 Å². The lowest BCUT2D eigenvalue weighted by Crippen LogP contribution is -2.19. The summed E-state index contributed by atoms with van der Waals surface area (Å²) in [5.41, 5.74) is 1.19. The quantitative estimate of drug-likeness (QED) is 0.490. The molecule has 7 nitrogen and oxygen atoms in total. The van der Waals surface area contributed by atoms with E-state index in [1.807, 2.05) is 0 Å². The molecule has 2 rings (SSSR count). The average molecular weight is 310 g/mol. The maximum absolute atomic E-state index is 11.3. The lowest BCUT2D eigenvalue weighted by molar-refractivity contribution is -0.387. The van der Waals surface area contributed by atoms with Crippen molar-refractivity contribution in [3.8, 4) is 0 Å². The second-order valence-electron chi connectivity index (χ2n) is 4.83. The molecular weight excluding hydrogens is 296 g/mol. The maximum atomic E-state index is 11.3. The van der Waals surface area contributed by atoms with Crippen molar-refractivity contribution in [1.82, 2.24) is 0 Å². The topological polar surface area (TPSA) is 110 Å². The van der Waals surface area contributed by atoms with Gasteiger partial charge in [0.2, 0.25) is 5.91 Å². The number of nitro benzene ring substituents is 1. The van der Waals surface area contributed by atoms with Gasteiger partial charge in [-0.25, -0.2) is 0 Å². The first-order valence-corrected chi connectivity index (χ1v) is 7.34. The fourth-order valence-electron chi connectivity index (χ4n) is 1.94. The molecule has 0 fully saturated rings. The Morgan fingerprint density at radius 2 is 2.24 bits per heavy atom. The van der Waals surface area contributed by atoms with Crippen LogP contribution in [-0.4, -0.2) is 27.7 Å². The molecule has 0 bridgehead atoms. The highest BCUT2D eigenvalue weighted by atomic mass is 32.2. The largest absolute Gasteiger partial charge is 0.481 e. The van der Waals surface area contributed by atoms with E-state index in [2.05, 4.69) is 5.32 Å². The first kappa shape index (κ1) is 15.3. The van der Waals surface area contributed by atoms with Gasteiger partial charge in [0, 0.05) is 18.2 Å². The van der Waals surface area contributed by atoms with Gasteiger partial charge < -0.3 is 10.4 Å². The summed E-state index contributed by atoms with van der Waals surface area (Å²) in [7, 11) is 0. The number of carboxylic acid groups (broad SMARTS) is 1. The van der Waals surface area contributed by atoms with Gasteiger partial charge in [0.15, 0.2) is 0 Å². The molecule has 0 saturated carbocycles. The lowest BCUT2D eigenvalue weighted by Gasteiger charge is -2.17. The highest BCUT2D eigenvalue weighted by Gasteiger charge is 2.23. The van der Waals surface area contributed by atoms with Crippen molar-refractivity contribution in [2.24, 2.45) is 5.92 Å². The number of carbonyl (C=O) groups excluding carboxylic acids is 1. The number of aliphatic carboxylic acids is 1. The van der Waals surface area contributed by atoms with Gasteiger partial charge in [-0.2, -0.15) is 0 Å². The van der Waals surface area contributed by atoms with Gasteiger partial charge in [0.25, 0.3) is 5.69 Å². The molecule has 0 saturated heterocycles. The number of anilines is 1. The molecule has 2 N–H and O–H groups in total. The average Bonchev–Trinajstić information content (AvgIpc) is 2.43. The van der Waals surface area contributed by atoms with Gasteiger partial charge in [-0.05, 0) is 18.1 Å². The minimum absolute atomic E-state index is 0.112. The number of nitro groups is 1. The zero-order valence-electron chi connectivity index (χ0n) is 11.3. The highest BCUT2D eigenvalue weighted by molar-refractivity contribution is 7.99. The SMILES string of the molecule is CC(CSc1cc2c(cc1[N+](=O)[O-])NC(=O)CC2)C(=O)O. The van der Waals surface area contributed by atoms with Crippen LogP contribution in [0.4, 0.5) is 11.4 Å². The van der Waals surface area contributed by atoms with Gasteiger partial charge in [0.05, 0.1) is 21.4 Å². The second-order valence-corrected chi connectivity index (χ2v) is 5.89. The molecule has 1 amide bonds. The second kappa shape index (κ2) is 6.13. The van der Waals surface area contributed by atoms with Crippen LogP contribution in [0.3, 0.4) is 0 Å². The molecule has 1 aromatic carbocycles. The van der Waals surface area contributed by atoms with Crippen molar-refractivity contribution in [2.75, 3.05) is 11.1 Å². The van der Waals surface area contributed by atoms with Crippen LogP contribution >= 0.6 is 11.8 Å². The summed E-state index contributed by atoms with van der Waals surface area (Å²) in [5.74, 6) is -1.43. The smallest absolute Gasteiger partial charge is 0.307 e. The third-order valence-corrected chi connectivity index (χ3v) is 4.49. The standard InChI is InChI=1S/C13H14N2O5S/c1-7(13(17)18)6-21-11-4-8-2-3-12(16)14-9(8)5-10(11)15(19)20/h4-5,7H,2-3,6H2,1H3,(H,14,16)(H,17,18). The summed E-state index contributed by atoms with van der Waals surface area (Å²) in [5, 5.41) is 22.6. The minimum atomic E-state index is -0.935. The Balaban J connectivity index is 2.29. The third kappa shape index (κ3) is 3.52. The summed E-state index contributed by atoms with van der Waals surface area (Å²) in [6.45, 7) is 1.56. The van der Waals surface area contributed by atoms with Crippen molar-refractivity contribution in [1.29, 1.82) is 0 Å². The molecule has 1 unspecified atom stereocenters. The third-order valence-electron chi connectivity index (χ3n) is 3.19. The Morgan fingerprint density at radius 3 is 2.86 bits per heavy atom. The lowest BCUT2D eigenvalue weighted by atomic mass is 10.0. The summed E-state index contributed by atoms with van der Waals surface area (Å²) < 4.78 is 0. The van der Waals surface area contributed by atoms with E-state index in [-0.39, 0.29) is 17.3 Å².